The quantitative estimate of drug-likeness (QED) is 0.696. The Labute approximate surface area is 150 Å². The summed E-state index contributed by atoms with van der Waals surface area (Å²) < 4.78 is 11.2. The molecule has 0 bridgehead atoms. The molecule has 0 aliphatic carbocycles. The lowest BCUT2D eigenvalue weighted by Crippen LogP contribution is -2.27. The lowest BCUT2D eigenvalue weighted by atomic mass is 10.1. The first-order chi connectivity index (χ1) is 12.1. The average Bonchev–Trinajstić information content (AvgIpc) is 2.61. The Morgan fingerprint density at radius 3 is 2.56 bits per heavy atom. The number of rotatable bonds is 9. The first-order valence-electron chi connectivity index (χ1n) is 8.64. The zero-order valence-electron chi connectivity index (χ0n) is 15.6. The molecule has 0 saturated carbocycles. The van der Waals surface area contributed by atoms with Crippen molar-refractivity contribution in [3.05, 3.63) is 65.5 Å². The van der Waals surface area contributed by atoms with E-state index in [0.717, 1.165) is 24.5 Å². The summed E-state index contributed by atoms with van der Waals surface area (Å²) in [6, 6.07) is 10.6. The topological polar surface area (TPSA) is 43.4 Å². The average molecular weight is 340 g/mol. The van der Waals surface area contributed by atoms with Crippen molar-refractivity contribution < 1.29 is 9.47 Å². The molecule has 2 aromatic rings. The second kappa shape index (κ2) is 9.84. The highest BCUT2D eigenvalue weighted by atomic mass is 16.5. The normalized spacial score (nSPS) is 11.7. The van der Waals surface area contributed by atoms with Gasteiger partial charge in [0.15, 0.2) is 11.5 Å². The minimum absolute atomic E-state index is 0.377. The van der Waals surface area contributed by atoms with Gasteiger partial charge in [-0.3, -0.25) is 4.98 Å². The Balaban J connectivity index is 1.90. The van der Waals surface area contributed by atoms with E-state index in [1.54, 1.807) is 7.11 Å². The minimum atomic E-state index is 0.377. The lowest BCUT2D eigenvalue weighted by molar-refractivity contribution is 0.325. The number of pyridine rings is 1. The largest absolute Gasteiger partial charge is 0.493 e. The van der Waals surface area contributed by atoms with E-state index in [1.807, 2.05) is 24.5 Å². The van der Waals surface area contributed by atoms with Crippen LogP contribution < -0.4 is 14.8 Å². The van der Waals surface area contributed by atoms with Gasteiger partial charge in [-0.05, 0) is 68.7 Å². The fourth-order valence-corrected chi connectivity index (χ4v) is 2.48. The SMILES string of the molecule is COc1cc(CN[C@@H](C)Cc2ccncc2)ccc1OCC=C(C)C. The molecule has 1 atom stereocenters. The molecular formula is C21H28N2O2. The molecule has 25 heavy (non-hydrogen) atoms. The fourth-order valence-electron chi connectivity index (χ4n) is 2.48. The molecule has 0 radical (unpaired) electrons. The predicted molar refractivity (Wildman–Crippen MR) is 102 cm³/mol. The maximum Gasteiger partial charge on any atom is 0.161 e. The highest BCUT2D eigenvalue weighted by Crippen LogP contribution is 2.28. The summed E-state index contributed by atoms with van der Waals surface area (Å²) in [5.74, 6) is 1.54. The van der Waals surface area contributed by atoms with Gasteiger partial charge in [-0.15, -0.1) is 0 Å². The van der Waals surface area contributed by atoms with Crippen LogP contribution in [0.4, 0.5) is 0 Å². The molecule has 0 unspecified atom stereocenters. The standard InChI is InChI=1S/C21H28N2O2/c1-16(2)9-12-25-20-6-5-19(14-21(20)24-4)15-23-17(3)13-18-7-10-22-11-8-18/h5-11,14,17,23H,12-13,15H2,1-4H3/t17-/m0/s1. The molecule has 2 rings (SSSR count). The Hall–Kier alpha value is -2.33. The molecule has 0 aliphatic heterocycles. The van der Waals surface area contributed by atoms with Gasteiger partial charge in [-0.1, -0.05) is 11.6 Å². The van der Waals surface area contributed by atoms with Crippen molar-refractivity contribution in [2.45, 2.75) is 39.8 Å². The summed E-state index contributed by atoms with van der Waals surface area (Å²) in [5.41, 5.74) is 3.70. The molecule has 0 aliphatic rings. The molecule has 4 heteroatoms. The Morgan fingerprint density at radius 2 is 1.88 bits per heavy atom. The molecule has 0 spiro atoms. The van der Waals surface area contributed by atoms with E-state index in [-0.39, 0.29) is 0 Å². The van der Waals surface area contributed by atoms with Crippen molar-refractivity contribution in [3.63, 3.8) is 0 Å². The van der Waals surface area contributed by atoms with Gasteiger partial charge in [0.05, 0.1) is 7.11 Å². The molecular weight excluding hydrogens is 312 g/mol. The summed E-state index contributed by atoms with van der Waals surface area (Å²) in [6.07, 6.45) is 6.70. The molecule has 4 nitrogen and oxygen atoms in total. The highest BCUT2D eigenvalue weighted by Gasteiger charge is 2.07. The van der Waals surface area contributed by atoms with Gasteiger partial charge in [0.1, 0.15) is 6.61 Å². The van der Waals surface area contributed by atoms with E-state index in [1.165, 1.54) is 16.7 Å². The Kier molecular flexibility index (Phi) is 7.48. The number of benzene rings is 1. The Morgan fingerprint density at radius 1 is 1.12 bits per heavy atom. The second-order valence-corrected chi connectivity index (χ2v) is 6.42. The van der Waals surface area contributed by atoms with Crippen molar-refractivity contribution in [3.8, 4) is 11.5 Å². The van der Waals surface area contributed by atoms with Crippen LogP contribution in [0.2, 0.25) is 0 Å². The molecule has 1 heterocycles. The van der Waals surface area contributed by atoms with Crippen LogP contribution in [0.15, 0.2) is 54.4 Å². The molecule has 1 aromatic heterocycles. The third-order valence-corrected chi connectivity index (χ3v) is 3.90. The van der Waals surface area contributed by atoms with Crippen LogP contribution in [0.1, 0.15) is 31.9 Å². The predicted octanol–water partition coefficient (Wildman–Crippen LogP) is 4.16. The van der Waals surface area contributed by atoms with Crippen LogP contribution in [0.25, 0.3) is 0 Å². The number of ether oxygens (including phenoxy) is 2. The highest BCUT2D eigenvalue weighted by molar-refractivity contribution is 5.43. The van der Waals surface area contributed by atoms with Crippen LogP contribution in [0.3, 0.4) is 0 Å². The summed E-state index contributed by atoms with van der Waals surface area (Å²) in [5, 5.41) is 3.55. The first-order valence-corrected chi connectivity index (χ1v) is 8.64. The first kappa shape index (κ1) is 19.0. The number of hydrogen-bond donors (Lipinski definition) is 1. The van der Waals surface area contributed by atoms with Crippen LogP contribution in [0, 0.1) is 0 Å². The van der Waals surface area contributed by atoms with Crippen LogP contribution in [-0.2, 0) is 13.0 Å². The van der Waals surface area contributed by atoms with Gasteiger partial charge in [0.25, 0.3) is 0 Å². The van der Waals surface area contributed by atoms with Crippen LogP contribution in [0.5, 0.6) is 11.5 Å². The third kappa shape index (κ3) is 6.59. The molecule has 1 aromatic carbocycles. The van der Waals surface area contributed by atoms with Crippen molar-refractivity contribution in [1.82, 2.24) is 10.3 Å². The van der Waals surface area contributed by atoms with Crippen molar-refractivity contribution >= 4 is 0 Å². The summed E-state index contributed by atoms with van der Waals surface area (Å²) >= 11 is 0. The maximum absolute atomic E-state index is 5.77. The van der Waals surface area contributed by atoms with Gasteiger partial charge in [0, 0.05) is 25.0 Å². The van der Waals surface area contributed by atoms with E-state index >= 15 is 0 Å². The number of hydrogen-bond acceptors (Lipinski definition) is 4. The van der Waals surface area contributed by atoms with E-state index in [9.17, 15) is 0 Å². The number of nitrogens with zero attached hydrogens (tertiary/aromatic N) is 1. The monoisotopic (exact) mass is 340 g/mol. The van der Waals surface area contributed by atoms with Crippen molar-refractivity contribution in [2.75, 3.05) is 13.7 Å². The van der Waals surface area contributed by atoms with Crippen molar-refractivity contribution in [2.24, 2.45) is 0 Å². The molecule has 134 valence electrons. The minimum Gasteiger partial charge on any atom is -0.493 e. The number of aromatic nitrogens is 1. The molecule has 0 amide bonds. The number of allylic oxidation sites excluding steroid dienone is 1. The van der Waals surface area contributed by atoms with E-state index in [4.69, 9.17) is 9.47 Å². The number of nitrogens with one attached hydrogen (secondary N) is 1. The van der Waals surface area contributed by atoms with E-state index in [2.05, 4.69) is 55.3 Å². The molecule has 0 saturated heterocycles. The number of methoxy groups -OCH3 is 1. The molecule has 0 fully saturated rings. The Bertz CT molecular complexity index is 680. The summed E-state index contributed by atoms with van der Waals surface area (Å²) in [7, 11) is 1.67. The molecule has 1 N–H and O–H groups in total. The van der Waals surface area contributed by atoms with Crippen LogP contribution in [-0.4, -0.2) is 24.7 Å². The van der Waals surface area contributed by atoms with Gasteiger partial charge < -0.3 is 14.8 Å². The van der Waals surface area contributed by atoms with Gasteiger partial charge >= 0.3 is 0 Å². The second-order valence-electron chi connectivity index (χ2n) is 6.42. The van der Waals surface area contributed by atoms with Crippen molar-refractivity contribution in [1.29, 1.82) is 0 Å². The zero-order chi connectivity index (χ0) is 18.1. The van der Waals surface area contributed by atoms with Gasteiger partial charge in [-0.2, -0.15) is 0 Å². The van der Waals surface area contributed by atoms with Gasteiger partial charge in [0.2, 0.25) is 0 Å². The summed E-state index contributed by atoms with van der Waals surface area (Å²) in [4.78, 5) is 4.05. The van der Waals surface area contributed by atoms with E-state index < -0.39 is 0 Å². The van der Waals surface area contributed by atoms with Crippen LogP contribution >= 0.6 is 0 Å². The third-order valence-electron chi connectivity index (χ3n) is 3.90. The fraction of sp³-hybridized carbons (Fsp3) is 0.381. The van der Waals surface area contributed by atoms with Gasteiger partial charge in [-0.25, -0.2) is 0 Å². The smallest absolute Gasteiger partial charge is 0.161 e. The van der Waals surface area contributed by atoms with E-state index in [0.29, 0.717) is 12.6 Å². The summed E-state index contributed by atoms with van der Waals surface area (Å²) in [6.45, 7) is 7.65. The maximum atomic E-state index is 5.77. The zero-order valence-corrected chi connectivity index (χ0v) is 15.6. The lowest BCUT2D eigenvalue weighted by Gasteiger charge is -2.15.